The highest BCUT2D eigenvalue weighted by Gasteiger charge is 2.21. The summed E-state index contributed by atoms with van der Waals surface area (Å²) in [7, 11) is 0. The summed E-state index contributed by atoms with van der Waals surface area (Å²) < 4.78 is 1.14. The van der Waals surface area contributed by atoms with Crippen LogP contribution in [0.1, 0.15) is 32.2 Å². The standard InChI is InChI=1S/C13H23N2/c1-5-15(6-2,7-3)11-13-10-8-9-12(4)14-13/h8-10H,5-7,11H2,1-4H3/q+1. The number of hydrogen-bond donors (Lipinski definition) is 0. The van der Waals surface area contributed by atoms with Gasteiger partial charge in [-0.2, -0.15) is 0 Å². The van der Waals surface area contributed by atoms with E-state index < -0.39 is 0 Å². The monoisotopic (exact) mass is 207 g/mol. The van der Waals surface area contributed by atoms with Gasteiger partial charge in [-0.15, -0.1) is 0 Å². The normalized spacial score (nSPS) is 11.7. The van der Waals surface area contributed by atoms with Gasteiger partial charge < -0.3 is 4.48 Å². The Kier molecular flexibility index (Phi) is 4.28. The number of hydrogen-bond acceptors (Lipinski definition) is 1. The maximum atomic E-state index is 4.59. The molecule has 0 bridgehead atoms. The summed E-state index contributed by atoms with van der Waals surface area (Å²) in [6, 6.07) is 6.30. The highest BCUT2D eigenvalue weighted by Crippen LogP contribution is 2.12. The summed E-state index contributed by atoms with van der Waals surface area (Å²) in [4.78, 5) is 4.59. The molecule has 1 aromatic heterocycles. The minimum Gasteiger partial charge on any atom is -0.319 e. The van der Waals surface area contributed by atoms with Gasteiger partial charge in [0.25, 0.3) is 0 Å². The number of pyridine rings is 1. The Hall–Kier alpha value is -0.890. The smallest absolute Gasteiger partial charge is 0.122 e. The minimum atomic E-state index is 1.06. The number of quaternary nitrogens is 1. The van der Waals surface area contributed by atoms with Gasteiger partial charge in [0.1, 0.15) is 6.54 Å². The maximum Gasteiger partial charge on any atom is 0.122 e. The lowest BCUT2D eigenvalue weighted by Gasteiger charge is -2.35. The van der Waals surface area contributed by atoms with E-state index in [0.717, 1.165) is 16.7 Å². The van der Waals surface area contributed by atoms with Crippen molar-refractivity contribution in [1.29, 1.82) is 0 Å². The molecule has 1 rings (SSSR count). The average molecular weight is 207 g/mol. The molecule has 2 nitrogen and oxygen atoms in total. The van der Waals surface area contributed by atoms with Crippen molar-refractivity contribution in [3.05, 3.63) is 29.6 Å². The first-order valence-corrected chi connectivity index (χ1v) is 5.93. The summed E-state index contributed by atoms with van der Waals surface area (Å²) in [5, 5.41) is 0. The lowest BCUT2D eigenvalue weighted by atomic mass is 10.2. The van der Waals surface area contributed by atoms with Crippen LogP contribution in [0, 0.1) is 6.92 Å². The van der Waals surface area contributed by atoms with Gasteiger partial charge in [0.15, 0.2) is 0 Å². The molecule has 0 fully saturated rings. The average Bonchev–Trinajstić information content (AvgIpc) is 2.26. The molecule has 0 aliphatic carbocycles. The summed E-state index contributed by atoms with van der Waals surface area (Å²) in [6.07, 6.45) is 0. The van der Waals surface area contributed by atoms with E-state index in [0.29, 0.717) is 0 Å². The van der Waals surface area contributed by atoms with Crippen LogP contribution in [0.3, 0.4) is 0 Å². The molecule has 15 heavy (non-hydrogen) atoms. The van der Waals surface area contributed by atoms with E-state index in [2.05, 4.69) is 50.9 Å². The van der Waals surface area contributed by atoms with E-state index in [-0.39, 0.29) is 0 Å². The molecule has 0 saturated heterocycles. The Morgan fingerprint density at radius 1 is 1.07 bits per heavy atom. The van der Waals surface area contributed by atoms with Crippen LogP contribution in [0.5, 0.6) is 0 Å². The van der Waals surface area contributed by atoms with Crippen molar-refractivity contribution < 1.29 is 4.48 Å². The molecule has 0 spiro atoms. The van der Waals surface area contributed by atoms with Crippen LogP contribution in [-0.2, 0) is 6.54 Å². The Morgan fingerprint density at radius 3 is 2.13 bits per heavy atom. The van der Waals surface area contributed by atoms with Crippen molar-refractivity contribution >= 4 is 0 Å². The zero-order valence-electron chi connectivity index (χ0n) is 10.5. The molecular weight excluding hydrogens is 184 g/mol. The molecule has 2 heteroatoms. The third-order valence-electron chi connectivity index (χ3n) is 3.46. The molecule has 0 aliphatic heterocycles. The first kappa shape index (κ1) is 12.2. The first-order chi connectivity index (χ1) is 7.15. The molecule has 0 aromatic carbocycles. The zero-order valence-corrected chi connectivity index (χ0v) is 10.5. The predicted octanol–water partition coefficient (Wildman–Crippen LogP) is 2.77. The van der Waals surface area contributed by atoms with Crippen LogP contribution < -0.4 is 0 Å². The van der Waals surface area contributed by atoms with Crippen molar-refractivity contribution in [3.63, 3.8) is 0 Å². The van der Waals surface area contributed by atoms with Gasteiger partial charge in [-0.3, -0.25) is 4.98 Å². The Morgan fingerprint density at radius 2 is 1.67 bits per heavy atom. The number of aromatic nitrogens is 1. The second-order valence-electron chi connectivity index (χ2n) is 4.22. The van der Waals surface area contributed by atoms with E-state index >= 15 is 0 Å². The van der Waals surface area contributed by atoms with Gasteiger partial charge in [0.2, 0.25) is 0 Å². The van der Waals surface area contributed by atoms with Gasteiger partial charge in [0, 0.05) is 5.69 Å². The highest BCUT2D eigenvalue weighted by atomic mass is 15.3. The summed E-state index contributed by atoms with van der Waals surface area (Å²) in [5.74, 6) is 0. The van der Waals surface area contributed by atoms with Crippen LogP contribution in [0.15, 0.2) is 18.2 Å². The first-order valence-electron chi connectivity index (χ1n) is 5.93. The van der Waals surface area contributed by atoms with Crippen LogP contribution in [0.2, 0.25) is 0 Å². The van der Waals surface area contributed by atoms with Gasteiger partial charge in [0.05, 0.1) is 25.3 Å². The van der Waals surface area contributed by atoms with Crippen molar-refractivity contribution in [3.8, 4) is 0 Å². The van der Waals surface area contributed by atoms with E-state index in [9.17, 15) is 0 Å². The molecule has 1 aromatic rings. The van der Waals surface area contributed by atoms with Crippen molar-refractivity contribution in [2.45, 2.75) is 34.2 Å². The van der Waals surface area contributed by atoms with Crippen LogP contribution in [0.4, 0.5) is 0 Å². The summed E-state index contributed by atoms with van der Waals surface area (Å²) >= 11 is 0. The van der Waals surface area contributed by atoms with Crippen molar-refractivity contribution in [1.82, 2.24) is 4.98 Å². The third-order valence-corrected chi connectivity index (χ3v) is 3.46. The van der Waals surface area contributed by atoms with E-state index in [1.807, 2.05) is 0 Å². The molecule has 0 N–H and O–H groups in total. The topological polar surface area (TPSA) is 12.9 Å². The third kappa shape index (κ3) is 3.03. The van der Waals surface area contributed by atoms with Crippen molar-refractivity contribution in [2.24, 2.45) is 0 Å². The maximum absolute atomic E-state index is 4.59. The van der Waals surface area contributed by atoms with Crippen LogP contribution in [0.25, 0.3) is 0 Å². The Balaban J connectivity index is 2.82. The van der Waals surface area contributed by atoms with Gasteiger partial charge in [-0.25, -0.2) is 0 Å². The molecule has 0 radical (unpaired) electrons. The quantitative estimate of drug-likeness (QED) is 0.677. The van der Waals surface area contributed by atoms with E-state index in [1.165, 1.54) is 25.3 Å². The highest BCUT2D eigenvalue weighted by molar-refractivity contribution is 5.08. The van der Waals surface area contributed by atoms with E-state index in [4.69, 9.17) is 0 Å². The fraction of sp³-hybridized carbons (Fsp3) is 0.615. The molecule has 1 heterocycles. The number of rotatable bonds is 5. The summed E-state index contributed by atoms with van der Waals surface area (Å²) in [5.41, 5.74) is 2.34. The van der Waals surface area contributed by atoms with Gasteiger partial charge >= 0.3 is 0 Å². The lowest BCUT2D eigenvalue weighted by Crippen LogP contribution is -2.46. The Labute approximate surface area is 93.5 Å². The second-order valence-corrected chi connectivity index (χ2v) is 4.22. The molecule has 0 saturated carbocycles. The number of nitrogens with zero attached hydrogens (tertiary/aromatic N) is 2. The molecule has 0 amide bonds. The predicted molar refractivity (Wildman–Crippen MR) is 64.6 cm³/mol. The second kappa shape index (κ2) is 5.26. The largest absolute Gasteiger partial charge is 0.319 e. The van der Waals surface area contributed by atoms with Crippen molar-refractivity contribution in [2.75, 3.05) is 19.6 Å². The lowest BCUT2D eigenvalue weighted by molar-refractivity contribution is -0.936. The van der Waals surface area contributed by atoms with Crippen LogP contribution in [-0.4, -0.2) is 29.1 Å². The fourth-order valence-corrected chi connectivity index (χ4v) is 2.04. The molecule has 0 aliphatic rings. The summed E-state index contributed by atoms with van der Waals surface area (Å²) in [6.45, 7) is 13.5. The van der Waals surface area contributed by atoms with Crippen LogP contribution >= 0.6 is 0 Å². The van der Waals surface area contributed by atoms with E-state index in [1.54, 1.807) is 0 Å². The van der Waals surface area contributed by atoms with Gasteiger partial charge in [-0.05, 0) is 39.8 Å². The Bertz CT molecular complexity index is 295. The van der Waals surface area contributed by atoms with Gasteiger partial charge in [-0.1, -0.05) is 6.07 Å². The SMILES string of the molecule is CC[N+](CC)(CC)Cc1cccc(C)n1. The minimum absolute atomic E-state index is 1.06. The zero-order chi connectivity index (χ0) is 11.3. The molecular formula is C13H23N2+. The molecule has 84 valence electrons. The molecule has 0 atom stereocenters. The molecule has 0 unspecified atom stereocenters. The number of aryl methyl sites for hydroxylation is 1. The fourth-order valence-electron chi connectivity index (χ4n) is 2.04.